The zero-order valence-corrected chi connectivity index (χ0v) is 16.7. The van der Waals surface area contributed by atoms with Crippen LogP contribution < -0.4 is 15.5 Å². The topological polar surface area (TPSA) is 79.8 Å². The Morgan fingerprint density at radius 3 is 2.59 bits per heavy atom. The van der Waals surface area contributed by atoms with E-state index in [0.717, 1.165) is 27.5 Å². The average molecular weight is 389 g/mol. The molecule has 29 heavy (non-hydrogen) atoms. The zero-order chi connectivity index (χ0) is 20.8. The van der Waals surface area contributed by atoms with Gasteiger partial charge in [0.05, 0.1) is 12.8 Å². The number of nitrogens with one attached hydrogen (secondary N) is 2. The molecule has 3 aromatic rings. The molecule has 6 heteroatoms. The fraction of sp³-hybridized carbons (Fsp3) is 0.174. The molecule has 0 saturated carbocycles. The highest BCUT2D eigenvalue weighted by Crippen LogP contribution is 2.26. The molecule has 2 N–H and O–H groups in total. The SMILES string of the molecule is CCOc1ccc2ccccc2c1/C=N\NC(=O)C(=O)Nc1cccc(C)c1C. The monoisotopic (exact) mass is 389 g/mol. The number of fused-ring (bicyclic) bond motifs is 1. The van der Waals surface area contributed by atoms with Gasteiger partial charge >= 0.3 is 11.8 Å². The second-order valence-electron chi connectivity index (χ2n) is 6.53. The lowest BCUT2D eigenvalue weighted by atomic mass is 10.0. The van der Waals surface area contributed by atoms with E-state index < -0.39 is 11.8 Å². The van der Waals surface area contributed by atoms with Crippen LogP contribution in [-0.2, 0) is 9.59 Å². The molecule has 3 rings (SSSR count). The molecule has 0 aliphatic rings. The highest BCUT2D eigenvalue weighted by Gasteiger charge is 2.14. The van der Waals surface area contributed by atoms with Gasteiger partial charge in [0.2, 0.25) is 0 Å². The van der Waals surface area contributed by atoms with Gasteiger partial charge in [-0.25, -0.2) is 5.43 Å². The summed E-state index contributed by atoms with van der Waals surface area (Å²) in [7, 11) is 0. The van der Waals surface area contributed by atoms with Crippen LogP contribution in [0.3, 0.4) is 0 Å². The van der Waals surface area contributed by atoms with E-state index in [1.54, 1.807) is 6.07 Å². The average Bonchev–Trinajstić information content (AvgIpc) is 2.72. The first-order valence-corrected chi connectivity index (χ1v) is 9.36. The Morgan fingerprint density at radius 2 is 1.79 bits per heavy atom. The Morgan fingerprint density at radius 1 is 1.00 bits per heavy atom. The third kappa shape index (κ3) is 4.60. The third-order valence-electron chi connectivity index (χ3n) is 4.65. The molecule has 2 amide bonds. The Bertz CT molecular complexity index is 1090. The van der Waals surface area contributed by atoms with Crippen molar-refractivity contribution in [3.8, 4) is 5.75 Å². The van der Waals surface area contributed by atoms with E-state index >= 15 is 0 Å². The van der Waals surface area contributed by atoms with Crippen LogP contribution in [0.4, 0.5) is 5.69 Å². The summed E-state index contributed by atoms with van der Waals surface area (Å²) in [6, 6.07) is 17.2. The van der Waals surface area contributed by atoms with Crippen molar-refractivity contribution >= 4 is 34.5 Å². The highest BCUT2D eigenvalue weighted by molar-refractivity contribution is 6.39. The van der Waals surface area contributed by atoms with Crippen LogP contribution in [0.15, 0.2) is 59.7 Å². The number of benzene rings is 3. The molecule has 0 bridgehead atoms. The summed E-state index contributed by atoms with van der Waals surface area (Å²) >= 11 is 0. The summed E-state index contributed by atoms with van der Waals surface area (Å²) in [6.07, 6.45) is 1.50. The van der Waals surface area contributed by atoms with Crippen molar-refractivity contribution < 1.29 is 14.3 Å². The fourth-order valence-electron chi connectivity index (χ4n) is 2.96. The number of rotatable bonds is 5. The molecule has 0 radical (unpaired) electrons. The molecule has 0 aliphatic heterocycles. The van der Waals surface area contributed by atoms with Crippen LogP contribution in [0.1, 0.15) is 23.6 Å². The molecule has 0 unspecified atom stereocenters. The van der Waals surface area contributed by atoms with Gasteiger partial charge in [-0.05, 0) is 54.8 Å². The van der Waals surface area contributed by atoms with Gasteiger partial charge in [0.1, 0.15) is 5.75 Å². The van der Waals surface area contributed by atoms with Crippen molar-refractivity contribution in [3.05, 3.63) is 71.3 Å². The minimum atomic E-state index is -0.847. The lowest BCUT2D eigenvalue weighted by Crippen LogP contribution is -2.32. The van der Waals surface area contributed by atoms with Gasteiger partial charge < -0.3 is 10.1 Å². The lowest BCUT2D eigenvalue weighted by molar-refractivity contribution is -0.136. The normalized spacial score (nSPS) is 10.9. The van der Waals surface area contributed by atoms with Crippen LogP contribution in [0, 0.1) is 13.8 Å². The molecule has 0 aromatic heterocycles. The molecule has 6 nitrogen and oxygen atoms in total. The summed E-state index contributed by atoms with van der Waals surface area (Å²) in [5.74, 6) is -0.969. The first kappa shape index (κ1) is 20.1. The number of amides is 2. The maximum absolute atomic E-state index is 12.2. The number of hydrogen-bond acceptors (Lipinski definition) is 4. The van der Waals surface area contributed by atoms with Crippen molar-refractivity contribution in [3.63, 3.8) is 0 Å². The molecular formula is C23H23N3O3. The van der Waals surface area contributed by atoms with Crippen molar-refractivity contribution in [1.82, 2.24) is 5.43 Å². The maximum atomic E-state index is 12.2. The number of nitrogens with zero attached hydrogens (tertiary/aromatic N) is 1. The van der Waals surface area contributed by atoms with E-state index in [1.807, 2.05) is 69.3 Å². The number of carbonyl (C=O) groups is 2. The van der Waals surface area contributed by atoms with E-state index in [-0.39, 0.29) is 0 Å². The molecular weight excluding hydrogens is 366 g/mol. The molecule has 0 atom stereocenters. The van der Waals surface area contributed by atoms with Crippen LogP contribution in [0.5, 0.6) is 5.75 Å². The predicted octanol–water partition coefficient (Wildman–Crippen LogP) is 3.94. The van der Waals surface area contributed by atoms with Gasteiger partial charge in [-0.2, -0.15) is 5.10 Å². The van der Waals surface area contributed by atoms with Crippen LogP contribution >= 0.6 is 0 Å². The van der Waals surface area contributed by atoms with Gasteiger partial charge in [0.15, 0.2) is 0 Å². The van der Waals surface area contributed by atoms with Gasteiger partial charge in [-0.3, -0.25) is 9.59 Å². The lowest BCUT2D eigenvalue weighted by Gasteiger charge is -2.10. The number of aryl methyl sites for hydroxylation is 1. The quantitative estimate of drug-likeness (QED) is 0.394. The molecule has 3 aromatic carbocycles. The summed E-state index contributed by atoms with van der Waals surface area (Å²) in [5.41, 5.74) is 5.56. The summed E-state index contributed by atoms with van der Waals surface area (Å²) in [4.78, 5) is 24.3. The van der Waals surface area contributed by atoms with Crippen LogP contribution in [-0.4, -0.2) is 24.6 Å². The molecule has 0 aliphatic carbocycles. The molecule has 148 valence electrons. The van der Waals surface area contributed by atoms with Gasteiger partial charge in [-0.15, -0.1) is 0 Å². The standard InChI is InChI=1S/C23H23N3O3/c1-4-29-21-13-12-17-9-5-6-10-18(17)19(21)14-24-26-23(28)22(27)25-20-11-7-8-15(2)16(20)3/h5-14H,4H2,1-3H3,(H,25,27)(H,26,28)/b24-14-. The van der Waals surface area contributed by atoms with Crippen molar-refractivity contribution in [2.75, 3.05) is 11.9 Å². The number of anilines is 1. The first-order valence-electron chi connectivity index (χ1n) is 9.36. The Hall–Kier alpha value is -3.67. The summed E-state index contributed by atoms with van der Waals surface area (Å²) in [6.45, 7) is 6.23. The van der Waals surface area contributed by atoms with Crippen molar-refractivity contribution in [2.45, 2.75) is 20.8 Å². The number of ether oxygens (including phenoxy) is 1. The van der Waals surface area contributed by atoms with Crippen molar-refractivity contribution in [1.29, 1.82) is 0 Å². The predicted molar refractivity (Wildman–Crippen MR) is 115 cm³/mol. The highest BCUT2D eigenvalue weighted by atomic mass is 16.5. The third-order valence-corrected chi connectivity index (χ3v) is 4.65. The Kier molecular flexibility index (Phi) is 6.24. The molecule has 0 heterocycles. The van der Waals surface area contributed by atoms with E-state index in [9.17, 15) is 9.59 Å². The molecule has 0 saturated heterocycles. The Balaban J connectivity index is 1.75. The van der Waals surface area contributed by atoms with E-state index in [2.05, 4.69) is 15.8 Å². The fourth-order valence-corrected chi connectivity index (χ4v) is 2.96. The van der Waals surface area contributed by atoms with E-state index in [0.29, 0.717) is 18.0 Å². The van der Waals surface area contributed by atoms with Crippen molar-refractivity contribution in [2.24, 2.45) is 5.10 Å². The molecule has 0 spiro atoms. The second kappa shape index (κ2) is 9.01. The zero-order valence-electron chi connectivity index (χ0n) is 16.7. The smallest absolute Gasteiger partial charge is 0.329 e. The summed E-state index contributed by atoms with van der Waals surface area (Å²) < 4.78 is 5.67. The van der Waals surface area contributed by atoms with E-state index in [1.165, 1.54) is 6.21 Å². The van der Waals surface area contributed by atoms with Gasteiger partial charge in [0.25, 0.3) is 0 Å². The first-order chi connectivity index (χ1) is 14.0. The van der Waals surface area contributed by atoms with Crippen LogP contribution in [0.2, 0.25) is 0 Å². The molecule has 0 fully saturated rings. The van der Waals surface area contributed by atoms with Gasteiger partial charge in [-0.1, -0.05) is 42.5 Å². The second-order valence-corrected chi connectivity index (χ2v) is 6.53. The number of hydrazone groups is 1. The number of carbonyl (C=O) groups excluding carboxylic acids is 2. The summed E-state index contributed by atoms with van der Waals surface area (Å²) in [5, 5.41) is 8.55. The maximum Gasteiger partial charge on any atom is 0.329 e. The Labute approximate surface area is 169 Å². The van der Waals surface area contributed by atoms with Gasteiger partial charge in [0, 0.05) is 11.3 Å². The minimum absolute atomic E-state index is 0.504. The largest absolute Gasteiger partial charge is 0.493 e. The van der Waals surface area contributed by atoms with E-state index in [4.69, 9.17) is 4.74 Å². The van der Waals surface area contributed by atoms with Crippen LogP contribution in [0.25, 0.3) is 10.8 Å². The number of hydrogen-bond donors (Lipinski definition) is 2. The minimum Gasteiger partial charge on any atom is -0.493 e.